The fraction of sp³-hybridized carbons (Fsp3) is 0.714. The standard InChI is InChI=1S/C14H23NO3/c1-14(2,3)18-13(17)15-12-9-7-5-4-6-8-11(12)10-16/h7,9-12H,4-6,8H2,1-3H3,(H,15,17)/t11-,12-/m1/s1. The second-order valence-corrected chi connectivity index (χ2v) is 5.68. The summed E-state index contributed by atoms with van der Waals surface area (Å²) in [4.78, 5) is 22.8. The van der Waals surface area contributed by atoms with E-state index in [4.69, 9.17) is 4.74 Å². The number of hydrogen-bond donors (Lipinski definition) is 1. The summed E-state index contributed by atoms with van der Waals surface area (Å²) < 4.78 is 5.21. The number of nitrogens with one attached hydrogen (secondary N) is 1. The van der Waals surface area contributed by atoms with Gasteiger partial charge in [-0.1, -0.05) is 18.6 Å². The third-order valence-electron chi connectivity index (χ3n) is 2.82. The van der Waals surface area contributed by atoms with Gasteiger partial charge < -0.3 is 14.8 Å². The number of rotatable bonds is 2. The van der Waals surface area contributed by atoms with E-state index in [-0.39, 0.29) is 12.0 Å². The number of hydrogen-bond acceptors (Lipinski definition) is 3. The number of alkyl carbamates (subject to hydrolysis) is 1. The summed E-state index contributed by atoms with van der Waals surface area (Å²) in [5.74, 6) is -0.158. The van der Waals surface area contributed by atoms with Crippen LogP contribution in [0.2, 0.25) is 0 Å². The molecule has 0 heterocycles. The molecular weight excluding hydrogens is 230 g/mol. The Kier molecular flexibility index (Phi) is 5.38. The van der Waals surface area contributed by atoms with Gasteiger partial charge in [-0.25, -0.2) is 4.79 Å². The topological polar surface area (TPSA) is 55.4 Å². The number of amides is 1. The van der Waals surface area contributed by atoms with E-state index in [1.165, 1.54) is 0 Å². The maximum atomic E-state index is 11.7. The average Bonchev–Trinajstić information content (AvgIpc) is 2.20. The molecule has 4 heteroatoms. The van der Waals surface area contributed by atoms with Crippen LogP contribution in [-0.2, 0) is 9.53 Å². The molecule has 0 fully saturated rings. The van der Waals surface area contributed by atoms with Crippen LogP contribution in [0.5, 0.6) is 0 Å². The first-order valence-corrected chi connectivity index (χ1v) is 6.54. The molecule has 0 aromatic heterocycles. The number of ether oxygens (including phenoxy) is 1. The van der Waals surface area contributed by atoms with E-state index in [0.717, 1.165) is 32.0 Å². The Morgan fingerprint density at radius 1 is 1.39 bits per heavy atom. The molecule has 1 N–H and O–H groups in total. The summed E-state index contributed by atoms with van der Waals surface area (Å²) in [5, 5.41) is 2.76. The first-order valence-electron chi connectivity index (χ1n) is 6.54. The molecule has 0 saturated heterocycles. The Balaban J connectivity index is 2.62. The third-order valence-corrected chi connectivity index (χ3v) is 2.82. The minimum atomic E-state index is -0.522. The van der Waals surface area contributed by atoms with Crippen LogP contribution in [0, 0.1) is 5.92 Å². The summed E-state index contributed by atoms with van der Waals surface area (Å²) in [7, 11) is 0. The van der Waals surface area contributed by atoms with E-state index >= 15 is 0 Å². The fourth-order valence-corrected chi connectivity index (χ4v) is 1.96. The number of carbonyl (C=O) groups is 2. The van der Waals surface area contributed by atoms with Crippen LogP contribution >= 0.6 is 0 Å². The molecule has 0 bridgehead atoms. The van der Waals surface area contributed by atoms with Gasteiger partial charge in [-0.3, -0.25) is 0 Å². The van der Waals surface area contributed by atoms with Crippen LogP contribution in [0.1, 0.15) is 46.5 Å². The van der Waals surface area contributed by atoms with E-state index in [2.05, 4.69) is 5.32 Å². The van der Waals surface area contributed by atoms with Crippen LogP contribution in [0.25, 0.3) is 0 Å². The van der Waals surface area contributed by atoms with Crippen molar-refractivity contribution in [3.8, 4) is 0 Å². The molecule has 1 aliphatic rings. The normalized spacial score (nSPS) is 24.8. The summed E-state index contributed by atoms with van der Waals surface area (Å²) in [6, 6.07) is -0.252. The summed E-state index contributed by atoms with van der Waals surface area (Å²) >= 11 is 0. The minimum Gasteiger partial charge on any atom is -0.444 e. The lowest BCUT2D eigenvalue weighted by molar-refractivity contribution is -0.111. The number of allylic oxidation sites excluding steroid dienone is 1. The lowest BCUT2D eigenvalue weighted by Crippen LogP contribution is -2.42. The van der Waals surface area contributed by atoms with Crippen molar-refractivity contribution in [1.82, 2.24) is 5.32 Å². The molecule has 0 unspecified atom stereocenters. The SMILES string of the molecule is CC(C)(C)OC(=O)N[C@@H]1C=CCCCC[C@@H]1C=O. The molecule has 1 amide bonds. The van der Waals surface area contributed by atoms with Crippen molar-refractivity contribution in [2.45, 2.75) is 58.1 Å². The average molecular weight is 253 g/mol. The highest BCUT2D eigenvalue weighted by atomic mass is 16.6. The van der Waals surface area contributed by atoms with Gasteiger partial charge >= 0.3 is 6.09 Å². The first kappa shape index (κ1) is 14.7. The highest BCUT2D eigenvalue weighted by molar-refractivity contribution is 5.69. The molecule has 4 nitrogen and oxygen atoms in total. The van der Waals surface area contributed by atoms with Gasteiger partial charge in [-0.2, -0.15) is 0 Å². The highest BCUT2D eigenvalue weighted by Crippen LogP contribution is 2.17. The molecule has 0 aromatic rings. The Bertz CT molecular complexity index is 317. The minimum absolute atomic E-state index is 0.158. The van der Waals surface area contributed by atoms with E-state index in [1.54, 1.807) is 0 Å². The smallest absolute Gasteiger partial charge is 0.408 e. The summed E-state index contributed by atoms with van der Waals surface area (Å²) in [6.07, 6.45) is 8.31. The van der Waals surface area contributed by atoms with Crippen molar-refractivity contribution < 1.29 is 14.3 Å². The fourth-order valence-electron chi connectivity index (χ4n) is 1.96. The molecular formula is C14H23NO3. The monoisotopic (exact) mass is 253 g/mol. The highest BCUT2D eigenvalue weighted by Gasteiger charge is 2.24. The van der Waals surface area contributed by atoms with Crippen LogP contribution in [0.3, 0.4) is 0 Å². The Hall–Kier alpha value is -1.32. The van der Waals surface area contributed by atoms with Gasteiger partial charge in [0.2, 0.25) is 0 Å². The molecule has 1 aliphatic carbocycles. The maximum absolute atomic E-state index is 11.7. The Morgan fingerprint density at radius 2 is 2.11 bits per heavy atom. The van der Waals surface area contributed by atoms with E-state index in [1.807, 2.05) is 32.9 Å². The molecule has 0 aliphatic heterocycles. The lowest BCUT2D eigenvalue weighted by atomic mass is 9.92. The molecule has 18 heavy (non-hydrogen) atoms. The van der Waals surface area contributed by atoms with E-state index in [9.17, 15) is 9.59 Å². The molecule has 102 valence electrons. The van der Waals surface area contributed by atoms with Crippen molar-refractivity contribution in [3.05, 3.63) is 12.2 Å². The van der Waals surface area contributed by atoms with Crippen molar-refractivity contribution >= 4 is 12.4 Å². The van der Waals surface area contributed by atoms with Crippen molar-refractivity contribution in [2.75, 3.05) is 0 Å². The molecule has 0 aromatic carbocycles. The van der Waals surface area contributed by atoms with Gasteiger partial charge in [0, 0.05) is 5.92 Å². The molecule has 0 radical (unpaired) electrons. The lowest BCUT2D eigenvalue weighted by Gasteiger charge is -2.25. The van der Waals surface area contributed by atoms with Crippen LogP contribution in [0.4, 0.5) is 4.79 Å². The zero-order valence-corrected chi connectivity index (χ0v) is 11.4. The van der Waals surface area contributed by atoms with Gasteiger partial charge in [0.1, 0.15) is 11.9 Å². The second-order valence-electron chi connectivity index (χ2n) is 5.68. The molecule has 2 atom stereocenters. The van der Waals surface area contributed by atoms with Crippen molar-refractivity contribution in [1.29, 1.82) is 0 Å². The Labute approximate surface area is 109 Å². The van der Waals surface area contributed by atoms with Gasteiger partial charge in [0.15, 0.2) is 0 Å². The van der Waals surface area contributed by atoms with Gasteiger partial charge in [0.25, 0.3) is 0 Å². The van der Waals surface area contributed by atoms with Gasteiger partial charge in [-0.15, -0.1) is 0 Å². The summed E-state index contributed by atoms with van der Waals surface area (Å²) in [6.45, 7) is 5.45. The van der Waals surface area contributed by atoms with Gasteiger partial charge in [-0.05, 0) is 40.0 Å². The van der Waals surface area contributed by atoms with Crippen LogP contribution in [0.15, 0.2) is 12.2 Å². The maximum Gasteiger partial charge on any atom is 0.408 e. The van der Waals surface area contributed by atoms with Crippen LogP contribution in [-0.4, -0.2) is 24.0 Å². The summed E-state index contributed by atoms with van der Waals surface area (Å²) in [5.41, 5.74) is -0.522. The molecule has 0 saturated carbocycles. The van der Waals surface area contributed by atoms with E-state index in [0.29, 0.717) is 0 Å². The Morgan fingerprint density at radius 3 is 2.72 bits per heavy atom. The predicted molar refractivity (Wildman–Crippen MR) is 70.3 cm³/mol. The van der Waals surface area contributed by atoms with E-state index < -0.39 is 11.7 Å². The van der Waals surface area contributed by atoms with Crippen molar-refractivity contribution in [2.24, 2.45) is 5.92 Å². The third kappa shape index (κ3) is 5.34. The first-order chi connectivity index (χ1) is 8.42. The number of aldehydes is 1. The largest absolute Gasteiger partial charge is 0.444 e. The zero-order valence-electron chi connectivity index (χ0n) is 11.4. The quantitative estimate of drug-likeness (QED) is 0.608. The molecule has 1 rings (SSSR count). The molecule has 0 spiro atoms. The number of carbonyl (C=O) groups excluding carboxylic acids is 2. The predicted octanol–water partition coefficient (Wildman–Crippen LogP) is 2.83. The van der Waals surface area contributed by atoms with Crippen molar-refractivity contribution in [3.63, 3.8) is 0 Å². The second kappa shape index (κ2) is 6.57. The van der Waals surface area contributed by atoms with Gasteiger partial charge in [0.05, 0.1) is 6.04 Å². The van der Waals surface area contributed by atoms with Crippen LogP contribution < -0.4 is 5.32 Å². The zero-order chi connectivity index (χ0) is 13.6.